The molecule has 0 radical (unpaired) electrons. The minimum absolute atomic E-state index is 0.0238. The van der Waals surface area contributed by atoms with Crippen LogP contribution in [-0.4, -0.2) is 31.9 Å². The first kappa shape index (κ1) is 24.2. The van der Waals surface area contributed by atoms with Gasteiger partial charge in [0.05, 0.1) is 17.7 Å². The van der Waals surface area contributed by atoms with Crippen LogP contribution in [0.1, 0.15) is 73.7 Å². The highest BCUT2D eigenvalue weighted by molar-refractivity contribution is 5.96. The van der Waals surface area contributed by atoms with Gasteiger partial charge in [-0.25, -0.2) is 14.4 Å². The summed E-state index contributed by atoms with van der Waals surface area (Å²) in [6.07, 6.45) is 1.41. The topological polar surface area (TPSA) is 51.0 Å². The molecule has 2 aromatic heterocycles. The number of pyridine rings is 1. The van der Waals surface area contributed by atoms with Gasteiger partial charge >= 0.3 is 6.18 Å². The number of hydrogen-bond acceptors (Lipinski definition) is 3. The molecule has 0 aliphatic heterocycles. The molecule has 1 aromatic carbocycles. The lowest BCUT2D eigenvalue weighted by Gasteiger charge is -2.26. The number of aromatic nitrogens is 3. The van der Waals surface area contributed by atoms with Crippen molar-refractivity contribution in [3.63, 3.8) is 0 Å². The number of nitrogens with zero attached hydrogens (tertiary/aromatic N) is 4. The van der Waals surface area contributed by atoms with Crippen LogP contribution in [-0.2, 0) is 12.7 Å². The van der Waals surface area contributed by atoms with Gasteiger partial charge in [0.15, 0.2) is 5.65 Å². The maximum Gasteiger partial charge on any atom is 0.417 e. The van der Waals surface area contributed by atoms with Gasteiger partial charge in [-0.3, -0.25) is 4.79 Å². The fourth-order valence-electron chi connectivity index (χ4n) is 4.61. The molecular formula is C25H28F4N4O. The predicted molar refractivity (Wildman–Crippen MR) is 121 cm³/mol. The zero-order valence-corrected chi connectivity index (χ0v) is 19.3. The van der Waals surface area contributed by atoms with Crippen molar-refractivity contribution >= 4 is 17.1 Å². The van der Waals surface area contributed by atoms with Crippen LogP contribution in [0.4, 0.5) is 17.6 Å². The molecule has 9 heteroatoms. The SMILES string of the molecule is CC(C)CCN(Cc1nc2cccnc2n1C1CCCC1)C(=O)c1c(F)cccc1C(F)(F)F. The first-order valence-corrected chi connectivity index (χ1v) is 11.6. The molecule has 34 heavy (non-hydrogen) atoms. The summed E-state index contributed by atoms with van der Waals surface area (Å²) in [6.45, 7) is 4.09. The Morgan fingerprint density at radius 3 is 2.59 bits per heavy atom. The average molecular weight is 477 g/mol. The van der Waals surface area contributed by atoms with Gasteiger partial charge in [-0.05, 0) is 49.4 Å². The number of hydrogen-bond donors (Lipinski definition) is 0. The summed E-state index contributed by atoms with van der Waals surface area (Å²) < 4.78 is 57.6. The Bertz CT molecular complexity index is 1170. The third-order valence-corrected chi connectivity index (χ3v) is 6.34. The first-order valence-electron chi connectivity index (χ1n) is 11.6. The van der Waals surface area contributed by atoms with E-state index in [1.165, 1.54) is 4.90 Å². The van der Waals surface area contributed by atoms with Crippen molar-refractivity contribution in [3.8, 4) is 0 Å². The van der Waals surface area contributed by atoms with E-state index < -0.39 is 29.0 Å². The van der Waals surface area contributed by atoms with Crippen LogP contribution in [0.5, 0.6) is 0 Å². The Labute approximate surface area is 195 Å². The number of fused-ring (bicyclic) bond motifs is 1. The quantitative estimate of drug-likeness (QED) is 0.371. The predicted octanol–water partition coefficient (Wildman–Crippen LogP) is 6.39. The molecule has 0 saturated heterocycles. The Morgan fingerprint density at radius 1 is 1.18 bits per heavy atom. The molecule has 0 atom stereocenters. The molecule has 3 aromatic rings. The molecule has 0 bridgehead atoms. The van der Waals surface area contributed by atoms with Crippen LogP contribution in [0.2, 0.25) is 0 Å². The molecule has 4 rings (SSSR count). The van der Waals surface area contributed by atoms with Gasteiger partial charge in [-0.1, -0.05) is 32.8 Å². The van der Waals surface area contributed by atoms with Crippen molar-refractivity contribution in [2.75, 3.05) is 6.54 Å². The zero-order valence-electron chi connectivity index (χ0n) is 19.3. The number of rotatable bonds is 7. The Hall–Kier alpha value is -2.97. The first-order chi connectivity index (χ1) is 16.2. The number of alkyl halides is 3. The Morgan fingerprint density at radius 2 is 1.91 bits per heavy atom. The molecule has 5 nitrogen and oxygen atoms in total. The fourth-order valence-corrected chi connectivity index (χ4v) is 4.61. The second-order valence-corrected chi connectivity index (χ2v) is 9.25. The summed E-state index contributed by atoms with van der Waals surface area (Å²) in [4.78, 5) is 23.9. The van der Waals surface area contributed by atoms with Crippen molar-refractivity contribution in [2.24, 2.45) is 5.92 Å². The van der Waals surface area contributed by atoms with E-state index in [-0.39, 0.29) is 25.0 Å². The second kappa shape index (κ2) is 9.72. The van der Waals surface area contributed by atoms with E-state index in [0.717, 1.165) is 43.9 Å². The monoisotopic (exact) mass is 476 g/mol. The van der Waals surface area contributed by atoms with Crippen molar-refractivity contribution in [1.29, 1.82) is 0 Å². The van der Waals surface area contributed by atoms with E-state index in [1.54, 1.807) is 12.3 Å². The second-order valence-electron chi connectivity index (χ2n) is 9.25. The molecule has 2 heterocycles. The van der Waals surface area contributed by atoms with Crippen LogP contribution in [0.25, 0.3) is 11.2 Å². The normalized spacial score (nSPS) is 14.9. The largest absolute Gasteiger partial charge is 0.417 e. The molecule has 0 N–H and O–H groups in total. The number of amides is 1. The molecule has 1 amide bonds. The third kappa shape index (κ3) is 4.93. The standard InChI is InChI=1S/C25H28F4N4O/c1-16(2)12-14-32(24(34)22-18(25(27,28)29)9-5-10-19(22)26)15-21-31-20-11-6-13-30-23(20)33(21)17-7-3-4-8-17/h5-6,9-11,13,16-17H,3-4,7-8,12,14-15H2,1-2H3. The Kier molecular flexibility index (Phi) is 6.91. The number of carbonyl (C=O) groups is 1. The molecule has 1 aliphatic rings. The van der Waals surface area contributed by atoms with E-state index in [0.29, 0.717) is 23.4 Å². The van der Waals surface area contributed by atoms with Crippen molar-refractivity contribution in [2.45, 2.75) is 64.7 Å². The summed E-state index contributed by atoms with van der Waals surface area (Å²) in [5, 5.41) is 0. The van der Waals surface area contributed by atoms with E-state index in [2.05, 4.69) is 9.97 Å². The van der Waals surface area contributed by atoms with Crippen LogP contribution in [0.3, 0.4) is 0 Å². The van der Waals surface area contributed by atoms with E-state index >= 15 is 0 Å². The highest BCUT2D eigenvalue weighted by Crippen LogP contribution is 2.35. The van der Waals surface area contributed by atoms with Crippen molar-refractivity contribution in [1.82, 2.24) is 19.4 Å². The fraction of sp³-hybridized carbons (Fsp3) is 0.480. The minimum Gasteiger partial charge on any atom is -0.331 e. The van der Waals surface area contributed by atoms with Crippen LogP contribution < -0.4 is 0 Å². The molecule has 0 unspecified atom stereocenters. The number of benzene rings is 1. The average Bonchev–Trinajstić information content (AvgIpc) is 3.42. The van der Waals surface area contributed by atoms with Crippen LogP contribution in [0, 0.1) is 11.7 Å². The van der Waals surface area contributed by atoms with Gasteiger partial charge in [0.25, 0.3) is 5.91 Å². The smallest absolute Gasteiger partial charge is 0.331 e. The van der Waals surface area contributed by atoms with Gasteiger partial charge in [0.2, 0.25) is 0 Å². The van der Waals surface area contributed by atoms with E-state index in [9.17, 15) is 22.4 Å². The summed E-state index contributed by atoms with van der Waals surface area (Å²) >= 11 is 0. The summed E-state index contributed by atoms with van der Waals surface area (Å²) in [5.74, 6) is -1.40. The van der Waals surface area contributed by atoms with Gasteiger partial charge < -0.3 is 9.47 Å². The van der Waals surface area contributed by atoms with E-state index in [4.69, 9.17) is 0 Å². The van der Waals surface area contributed by atoms with Crippen molar-refractivity contribution in [3.05, 3.63) is 59.3 Å². The zero-order chi connectivity index (χ0) is 24.5. The third-order valence-electron chi connectivity index (χ3n) is 6.34. The molecule has 182 valence electrons. The summed E-state index contributed by atoms with van der Waals surface area (Å²) in [5.41, 5.74) is -0.844. The summed E-state index contributed by atoms with van der Waals surface area (Å²) in [6, 6.07) is 6.37. The highest BCUT2D eigenvalue weighted by Gasteiger charge is 2.38. The van der Waals surface area contributed by atoms with Gasteiger partial charge in [-0.2, -0.15) is 13.2 Å². The number of halogens is 4. The molecular weight excluding hydrogens is 448 g/mol. The van der Waals surface area contributed by atoms with Gasteiger partial charge in [-0.15, -0.1) is 0 Å². The molecule has 1 saturated carbocycles. The summed E-state index contributed by atoms with van der Waals surface area (Å²) in [7, 11) is 0. The number of carbonyl (C=O) groups excluding carboxylic acids is 1. The molecule has 0 spiro atoms. The van der Waals surface area contributed by atoms with Crippen LogP contribution in [0.15, 0.2) is 36.5 Å². The minimum atomic E-state index is -4.85. The van der Waals surface area contributed by atoms with Gasteiger partial charge in [0.1, 0.15) is 17.2 Å². The maximum absolute atomic E-state index is 14.6. The lowest BCUT2D eigenvalue weighted by Crippen LogP contribution is -2.35. The lowest BCUT2D eigenvalue weighted by atomic mass is 10.0. The van der Waals surface area contributed by atoms with Crippen LogP contribution >= 0.6 is 0 Å². The number of imidazole rings is 1. The van der Waals surface area contributed by atoms with E-state index in [1.807, 2.05) is 24.5 Å². The molecule has 1 fully saturated rings. The lowest BCUT2D eigenvalue weighted by molar-refractivity contribution is -0.138. The van der Waals surface area contributed by atoms with Crippen molar-refractivity contribution < 1.29 is 22.4 Å². The Balaban J connectivity index is 1.76. The maximum atomic E-state index is 14.6. The molecule has 1 aliphatic carbocycles. The highest BCUT2D eigenvalue weighted by atomic mass is 19.4. The van der Waals surface area contributed by atoms with Gasteiger partial charge in [0, 0.05) is 18.8 Å².